The second kappa shape index (κ2) is 4.41. The quantitative estimate of drug-likeness (QED) is 0.446. The molecule has 0 bridgehead atoms. The van der Waals surface area contributed by atoms with E-state index in [2.05, 4.69) is 4.98 Å². The fourth-order valence-corrected chi connectivity index (χ4v) is 1.79. The van der Waals surface area contributed by atoms with E-state index < -0.39 is 30.2 Å². The van der Waals surface area contributed by atoms with Crippen LogP contribution < -0.4 is 17.2 Å². The summed E-state index contributed by atoms with van der Waals surface area (Å²) in [5.74, 6) is 0.0945. The molecule has 0 amide bonds. The number of anilines is 1. The Morgan fingerprint density at radius 1 is 1.59 bits per heavy atom. The van der Waals surface area contributed by atoms with E-state index in [1.807, 2.05) is 0 Å². The van der Waals surface area contributed by atoms with Gasteiger partial charge in [0, 0.05) is 6.20 Å². The van der Waals surface area contributed by atoms with Gasteiger partial charge in [0.05, 0.1) is 12.6 Å². The second-order valence-corrected chi connectivity index (χ2v) is 3.86. The van der Waals surface area contributed by atoms with Crippen LogP contribution in [0.15, 0.2) is 17.1 Å². The fourth-order valence-electron chi connectivity index (χ4n) is 1.79. The maximum Gasteiger partial charge on any atom is 0.351 e. The Labute approximate surface area is 96.4 Å². The van der Waals surface area contributed by atoms with Gasteiger partial charge in [-0.1, -0.05) is 0 Å². The summed E-state index contributed by atoms with van der Waals surface area (Å²) in [5.41, 5.74) is 10.5. The average molecular weight is 242 g/mol. The lowest BCUT2D eigenvalue weighted by Gasteiger charge is -2.17. The second-order valence-electron chi connectivity index (χ2n) is 3.86. The van der Waals surface area contributed by atoms with Crippen LogP contribution in [0.1, 0.15) is 6.23 Å². The number of aromatic nitrogens is 2. The van der Waals surface area contributed by atoms with Gasteiger partial charge in [0.2, 0.25) is 0 Å². The maximum atomic E-state index is 11.6. The zero-order chi connectivity index (χ0) is 12.6. The summed E-state index contributed by atoms with van der Waals surface area (Å²) in [4.78, 5) is 15.1. The molecule has 8 nitrogen and oxygen atoms in total. The van der Waals surface area contributed by atoms with Gasteiger partial charge >= 0.3 is 5.69 Å². The fraction of sp³-hybridized carbons (Fsp3) is 0.556. The Hall–Kier alpha value is -1.48. The minimum absolute atomic E-state index is 0.0945. The zero-order valence-corrected chi connectivity index (χ0v) is 8.93. The highest BCUT2D eigenvalue weighted by Crippen LogP contribution is 2.26. The van der Waals surface area contributed by atoms with Crippen LogP contribution >= 0.6 is 0 Å². The van der Waals surface area contributed by atoms with Gasteiger partial charge in [0.1, 0.15) is 18.0 Å². The molecule has 17 heavy (non-hydrogen) atoms. The summed E-state index contributed by atoms with van der Waals surface area (Å²) in [6.45, 7) is -0.373. The minimum Gasteiger partial charge on any atom is -0.394 e. The number of aliphatic hydroxyl groups excluding tert-OH is 2. The minimum atomic E-state index is -1.03. The van der Waals surface area contributed by atoms with Gasteiger partial charge in [-0.15, -0.1) is 0 Å². The number of nitrogens with two attached hydrogens (primary N) is 2. The van der Waals surface area contributed by atoms with Crippen LogP contribution in [-0.4, -0.2) is 44.6 Å². The Morgan fingerprint density at radius 2 is 2.29 bits per heavy atom. The number of rotatable bonds is 2. The molecule has 1 saturated heterocycles. The van der Waals surface area contributed by atoms with E-state index in [1.165, 1.54) is 12.3 Å². The monoisotopic (exact) mass is 242 g/mol. The van der Waals surface area contributed by atoms with E-state index in [1.54, 1.807) is 0 Å². The lowest BCUT2D eigenvalue weighted by molar-refractivity contribution is -0.0464. The molecule has 0 spiro atoms. The van der Waals surface area contributed by atoms with Gasteiger partial charge in [0.15, 0.2) is 6.23 Å². The molecule has 1 aromatic rings. The third-order valence-corrected chi connectivity index (χ3v) is 2.72. The third-order valence-electron chi connectivity index (χ3n) is 2.72. The normalized spacial score (nSPS) is 32.9. The van der Waals surface area contributed by atoms with Gasteiger partial charge in [-0.25, -0.2) is 4.79 Å². The molecule has 1 fully saturated rings. The maximum absolute atomic E-state index is 11.6. The number of hydrogen-bond donors (Lipinski definition) is 4. The predicted octanol–water partition coefficient (Wildman–Crippen LogP) is -2.60. The van der Waals surface area contributed by atoms with Crippen LogP contribution in [0.2, 0.25) is 0 Å². The molecule has 0 radical (unpaired) electrons. The summed E-state index contributed by atoms with van der Waals surface area (Å²) in [6, 6.07) is 0.617. The molecule has 1 aromatic heterocycles. The van der Waals surface area contributed by atoms with Crippen molar-refractivity contribution < 1.29 is 14.9 Å². The standard InChI is InChI=1S/C9H14N4O4/c10-5-1-2-13(9(16)12-5)8-6(11)7(15)4(3-14)17-8/h1-2,4,6-8,14-15H,3,11H2,(H2,10,12,16)/t4-,6?,7+,8-/m1/s1. The number of aliphatic hydroxyl groups is 2. The lowest BCUT2D eigenvalue weighted by atomic mass is 10.1. The SMILES string of the molecule is Nc1ccn([C@@H]2O[C@H](CO)[C@H](O)C2N)c(=O)n1. The smallest absolute Gasteiger partial charge is 0.351 e. The summed E-state index contributed by atoms with van der Waals surface area (Å²) in [5, 5.41) is 18.6. The number of ether oxygens (including phenoxy) is 1. The Balaban J connectivity index is 2.32. The summed E-state index contributed by atoms with van der Waals surface area (Å²) in [7, 11) is 0. The van der Waals surface area contributed by atoms with E-state index in [0.29, 0.717) is 0 Å². The molecular formula is C9H14N4O4. The summed E-state index contributed by atoms with van der Waals surface area (Å²) >= 11 is 0. The van der Waals surface area contributed by atoms with E-state index in [-0.39, 0.29) is 12.4 Å². The van der Waals surface area contributed by atoms with Crippen molar-refractivity contribution >= 4 is 5.82 Å². The third kappa shape index (κ3) is 2.03. The van der Waals surface area contributed by atoms with Crippen LogP contribution in [0, 0.1) is 0 Å². The molecule has 4 atom stereocenters. The number of hydrogen-bond acceptors (Lipinski definition) is 7. The van der Waals surface area contributed by atoms with Crippen molar-refractivity contribution in [2.45, 2.75) is 24.5 Å². The van der Waals surface area contributed by atoms with E-state index >= 15 is 0 Å². The van der Waals surface area contributed by atoms with Crippen LogP contribution in [0.25, 0.3) is 0 Å². The van der Waals surface area contributed by atoms with E-state index in [0.717, 1.165) is 4.57 Å². The summed E-state index contributed by atoms with van der Waals surface area (Å²) < 4.78 is 6.44. The highest BCUT2D eigenvalue weighted by atomic mass is 16.5. The Kier molecular flexibility index (Phi) is 3.11. The average Bonchev–Trinajstić information content (AvgIpc) is 2.57. The van der Waals surface area contributed by atoms with Crippen molar-refractivity contribution in [1.82, 2.24) is 9.55 Å². The molecule has 1 aliphatic rings. The van der Waals surface area contributed by atoms with E-state index in [9.17, 15) is 9.90 Å². The van der Waals surface area contributed by atoms with Crippen molar-refractivity contribution in [3.05, 3.63) is 22.7 Å². The van der Waals surface area contributed by atoms with Crippen molar-refractivity contribution in [2.75, 3.05) is 12.3 Å². The summed E-state index contributed by atoms with van der Waals surface area (Å²) in [6.07, 6.45) is -1.31. The molecule has 6 N–H and O–H groups in total. The van der Waals surface area contributed by atoms with Gasteiger partial charge in [0.25, 0.3) is 0 Å². The van der Waals surface area contributed by atoms with Crippen molar-refractivity contribution in [1.29, 1.82) is 0 Å². The van der Waals surface area contributed by atoms with Gasteiger partial charge < -0.3 is 26.4 Å². The number of nitrogens with zero attached hydrogens (tertiary/aromatic N) is 2. The van der Waals surface area contributed by atoms with Gasteiger partial charge in [-0.05, 0) is 6.07 Å². The van der Waals surface area contributed by atoms with Crippen molar-refractivity contribution in [3.8, 4) is 0 Å². The first-order valence-electron chi connectivity index (χ1n) is 5.09. The van der Waals surface area contributed by atoms with Gasteiger partial charge in [-0.3, -0.25) is 4.57 Å². The van der Waals surface area contributed by atoms with Crippen molar-refractivity contribution in [2.24, 2.45) is 5.73 Å². The van der Waals surface area contributed by atoms with E-state index in [4.69, 9.17) is 21.3 Å². The highest BCUT2D eigenvalue weighted by Gasteiger charge is 2.42. The largest absolute Gasteiger partial charge is 0.394 e. The molecular weight excluding hydrogens is 228 g/mol. The molecule has 0 saturated carbocycles. The Morgan fingerprint density at radius 3 is 2.82 bits per heavy atom. The molecule has 1 aliphatic heterocycles. The molecule has 0 aromatic carbocycles. The molecule has 1 unspecified atom stereocenters. The zero-order valence-electron chi connectivity index (χ0n) is 8.93. The molecule has 2 rings (SSSR count). The first kappa shape index (κ1) is 12.0. The van der Waals surface area contributed by atoms with Crippen LogP contribution in [0.5, 0.6) is 0 Å². The highest BCUT2D eigenvalue weighted by molar-refractivity contribution is 5.23. The van der Waals surface area contributed by atoms with Crippen LogP contribution in [0.3, 0.4) is 0 Å². The lowest BCUT2D eigenvalue weighted by Crippen LogP contribution is -2.42. The first-order valence-corrected chi connectivity index (χ1v) is 5.09. The molecule has 8 heteroatoms. The Bertz CT molecular complexity index is 463. The van der Waals surface area contributed by atoms with Crippen molar-refractivity contribution in [3.63, 3.8) is 0 Å². The molecule has 2 heterocycles. The molecule has 0 aliphatic carbocycles. The van der Waals surface area contributed by atoms with Crippen LogP contribution in [0.4, 0.5) is 5.82 Å². The topological polar surface area (TPSA) is 137 Å². The van der Waals surface area contributed by atoms with Gasteiger partial charge in [-0.2, -0.15) is 4.98 Å². The predicted molar refractivity (Wildman–Crippen MR) is 57.9 cm³/mol. The first-order chi connectivity index (χ1) is 8.04. The molecule has 94 valence electrons. The van der Waals surface area contributed by atoms with Crippen LogP contribution in [-0.2, 0) is 4.74 Å². The number of nitrogen functional groups attached to an aromatic ring is 1.